The number of carboxylic acid groups (broad SMARTS) is 1. The van der Waals surface area contributed by atoms with Crippen LogP contribution in [0.4, 0.5) is 11.5 Å². The number of hydrogen-bond donors (Lipinski definition) is 3. The minimum atomic E-state index is -0.730. The largest absolute Gasteiger partial charge is 0.489 e. The van der Waals surface area contributed by atoms with Gasteiger partial charge < -0.3 is 15.2 Å². The van der Waals surface area contributed by atoms with E-state index in [0.717, 1.165) is 37.2 Å². The van der Waals surface area contributed by atoms with E-state index < -0.39 is 5.97 Å². The summed E-state index contributed by atoms with van der Waals surface area (Å²) in [6.07, 6.45) is 5.22. The van der Waals surface area contributed by atoms with Crippen molar-refractivity contribution in [2.45, 2.75) is 39.2 Å². The molecule has 1 aliphatic carbocycles. The van der Waals surface area contributed by atoms with E-state index in [2.05, 4.69) is 25.5 Å². The van der Waals surface area contributed by atoms with Crippen LogP contribution in [0.1, 0.15) is 30.7 Å². The highest BCUT2D eigenvalue weighted by atomic mass is 32.1. The SMILES string of the molecule is CC(C)Oc1cc2[nH]ncc2cc1Nc1ncnc2sc3c(c12)CC[C@@H](C(=O)O)C3. The highest BCUT2D eigenvalue weighted by Crippen LogP contribution is 2.41. The maximum atomic E-state index is 11.4. The zero-order valence-electron chi connectivity index (χ0n) is 16.6. The van der Waals surface area contributed by atoms with Gasteiger partial charge in [-0.3, -0.25) is 9.89 Å². The number of hydrogen-bond acceptors (Lipinski definition) is 7. The summed E-state index contributed by atoms with van der Waals surface area (Å²) in [7, 11) is 0. The van der Waals surface area contributed by atoms with Crippen molar-refractivity contribution in [2.75, 3.05) is 5.32 Å². The monoisotopic (exact) mass is 423 g/mol. The molecule has 3 N–H and O–H groups in total. The molecule has 5 rings (SSSR count). The molecule has 3 aromatic heterocycles. The molecule has 9 heteroatoms. The lowest BCUT2D eigenvalue weighted by Crippen LogP contribution is -2.21. The normalized spacial score (nSPS) is 16.2. The average Bonchev–Trinajstić information content (AvgIpc) is 3.31. The first kappa shape index (κ1) is 18.8. The molecule has 8 nitrogen and oxygen atoms in total. The van der Waals surface area contributed by atoms with Gasteiger partial charge in [-0.05, 0) is 44.7 Å². The summed E-state index contributed by atoms with van der Waals surface area (Å²) in [5.74, 6) is 0.363. The molecule has 30 heavy (non-hydrogen) atoms. The molecule has 0 radical (unpaired) electrons. The van der Waals surface area contributed by atoms with Crippen LogP contribution in [-0.4, -0.2) is 37.3 Å². The lowest BCUT2D eigenvalue weighted by atomic mass is 9.88. The molecule has 0 fully saturated rings. The van der Waals surface area contributed by atoms with Gasteiger partial charge in [0.15, 0.2) is 0 Å². The number of carboxylic acids is 1. The topological polar surface area (TPSA) is 113 Å². The first-order valence-corrected chi connectivity index (χ1v) is 10.7. The van der Waals surface area contributed by atoms with E-state index in [0.29, 0.717) is 30.8 Å². The number of H-pyrrole nitrogens is 1. The van der Waals surface area contributed by atoms with Crippen LogP contribution in [0.25, 0.3) is 21.1 Å². The van der Waals surface area contributed by atoms with Gasteiger partial charge in [0.25, 0.3) is 0 Å². The zero-order valence-corrected chi connectivity index (χ0v) is 17.4. The molecule has 1 aliphatic rings. The van der Waals surface area contributed by atoms with Gasteiger partial charge in [0, 0.05) is 16.3 Å². The minimum absolute atomic E-state index is 0.0122. The van der Waals surface area contributed by atoms with E-state index in [1.165, 1.54) is 0 Å². The fraction of sp³-hybridized carbons (Fsp3) is 0.333. The maximum Gasteiger partial charge on any atom is 0.306 e. The van der Waals surface area contributed by atoms with E-state index >= 15 is 0 Å². The van der Waals surface area contributed by atoms with E-state index in [1.54, 1.807) is 23.9 Å². The van der Waals surface area contributed by atoms with Crippen LogP contribution in [-0.2, 0) is 17.6 Å². The van der Waals surface area contributed by atoms with Gasteiger partial charge in [-0.1, -0.05) is 0 Å². The summed E-state index contributed by atoms with van der Waals surface area (Å²) in [5, 5.41) is 21.9. The standard InChI is InChI=1S/C21H21N5O3S/c1-10(2)29-16-7-14-12(8-24-26-14)5-15(16)25-19-18-13-4-3-11(21(27)28)6-17(13)30-20(18)23-9-22-19/h5,7-11H,3-4,6H2,1-2H3,(H,24,26)(H,27,28)(H,22,23,25)/t11-/m1/s1. The van der Waals surface area contributed by atoms with Crippen molar-refractivity contribution in [3.63, 3.8) is 0 Å². The molecule has 154 valence electrons. The smallest absolute Gasteiger partial charge is 0.306 e. The van der Waals surface area contributed by atoms with E-state index in [-0.39, 0.29) is 12.0 Å². The number of carbonyl (C=O) groups is 1. The lowest BCUT2D eigenvalue weighted by molar-refractivity contribution is -0.142. The van der Waals surface area contributed by atoms with Crippen molar-refractivity contribution in [3.05, 3.63) is 35.1 Å². The molecule has 1 atom stereocenters. The van der Waals surface area contributed by atoms with Crippen LogP contribution in [0.3, 0.4) is 0 Å². The van der Waals surface area contributed by atoms with Crippen molar-refractivity contribution >= 4 is 49.9 Å². The maximum absolute atomic E-state index is 11.4. The number of nitrogens with zero attached hydrogens (tertiary/aromatic N) is 3. The number of nitrogens with one attached hydrogen (secondary N) is 2. The van der Waals surface area contributed by atoms with Crippen LogP contribution >= 0.6 is 11.3 Å². The fourth-order valence-electron chi connectivity index (χ4n) is 3.96. The van der Waals surface area contributed by atoms with E-state index in [9.17, 15) is 9.90 Å². The molecular formula is C21H21N5O3S. The second-order valence-corrected chi connectivity index (χ2v) is 8.87. The summed E-state index contributed by atoms with van der Waals surface area (Å²) in [5.41, 5.74) is 2.86. The molecule has 0 saturated heterocycles. The van der Waals surface area contributed by atoms with Gasteiger partial charge in [0.2, 0.25) is 0 Å². The first-order valence-electron chi connectivity index (χ1n) is 9.88. The predicted octanol–water partition coefficient (Wildman–Crippen LogP) is 4.29. The Bertz CT molecular complexity index is 1260. The number of aromatic nitrogens is 4. The number of aliphatic carboxylic acids is 1. The number of thiophene rings is 1. The zero-order chi connectivity index (χ0) is 20.8. The Morgan fingerprint density at radius 3 is 3.03 bits per heavy atom. The Hall–Kier alpha value is -3.20. The van der Waals surface area contributed by atoms with Gasteiger partial charge >= 0.3 is 5.97 Å². The molecule has 0 spiro atoms. The highest BCUT2D eigenvalue weighted by molar-refractivity contribution is 7.19. The third kappa shape index (κ3) is 3.24. The van der Waals surface area contributed by atoms with Gasteiger partial charge in [0.1, 0.15) is 22.7 Å². The van der Waals surface area contributed by atoms with Crippen molar-refractivity contribution in [1.82, 2.24) is 20.2 Å². The number of ether oxygens (including phenoxy) is 1. The average molecular weight is 423 g/mol. The Morgan fingerprint density at radius 1 is 1.37 bits per heavy atom. The minimum Gasteiger partial charge on any atom is -0.489 e. The summed E-state index contributed by atoms with van der Waals surface area (Å²) < 4.78 is 6.03. The third-order valence-corrected chi connectivity index (χ3v) is 6.51. The van der Waals surface area contributed by atoms with Crippen molar-refractivity contribution in [3.8, 4) is 5.75 Å². The number of anilines is 2. The van der Waals surface area contributed by atoms with Crippen molar-refractivity contribution in [1.29, 1.82) is 0 Å². The number of benzene rings is 1. The van der Waals surface area contributed by atoms with Crippen LogP contribution < -0.4 is 10.1 Å². The Labute approximate surface area is 176 Å². The quantitative estimate of drug-likeness (QED) is 0.439. The Kier molecular flexibility index (Phi) is 4.54. The van der Waals surface area contributed by atoms with Crippen molar-refractivity contribution < 1.29 is 14.6 Å². The lowest BCUT2D eigenvalue weighted by Gasteiger charge is -2.19. The van der Waals surface area contributed by atoms with Crippen molar-refractivity contribution in [2.24, 2.45) is 5.92 Å². The third-order valence-electron chi connectivity index (χ3n) is 5.35. The number of rotatable bonds is 5. The van der Waals surface area contributed by atoms with Gasteiger partial charge in [-0.15, -0.1) is 11.3 Å². The molecule has 0 bridgehead atoms. The number of aryl methyl sites for hydroxylation is 1. The molecule has 3 heterocycles. The first-order chi connectivity index (χ1) is 14.5. The predicted molar refractivity (Wildman–Crippen MR) is 116 cm³/mol. The molecule has 0 unspecified atom stereocenters. The van der Waals surface area contributed by atoms with Crippen LogP contribution in [0.5, 0.6) is 5.75 Å². The highest BCUT2D eigenvalue weighted by Gasteiger charge is 2.29. The molecule has 1 aromatic carbocycles. The number of fused-ring (bicyclic) bond motifs is 4. The van der Waals surface area contributed by atoms with E-state index in [1.807, 2.05) is 26.0 Å². The summed E-state index contributed by atoms with van der Waals surface area (Å²) >= 11 is 1.56. The Balaban J connectivity index is 1.59. The van der Waals surface area contributed by atoms with Crippen LogP contribution in [0, 0.1) is 5.92 Å². The van der Waals surface area contributed by atoms with Gasteiger partial charge in [-0.25, -0.2) is 9.97 Å². The molecule has 0 amide bonds. The van der Waals surface area contributed by atoms with Crippen LogP contribution in [0.15, 0.2) is 24.7 Å². The van der Waals surface area contributed by atoms with Gasteiger partial charge in [0.05, 0.1) is 34.8 Å². The van der Waals surface area contributed by atoms with Gasteiger partial charge in [-0.2, -0.15) is 5.10 Å². The summed E-state index contributed by atoms with van der Waals surface area (Å²) in [6.45, 7) is 3.97. The Morgan fingerprint density at radius 2 is 2.23 bits per heavy atom. The van der Waals surface area contributed by atoms with Crippen LogP contribution in [0.2, 0.25) is 0 Å². The molecule has 0 aliphatic heterocycles. The van der Waals surface area contributed by atoms with E-state index in [4.69, 9.17) is 4.74 Å². The molecule has 0 saturated carbocycles. The second kappa shape index (κ2) is 7.24. The summed E-state index contributed by atoms with van der Waals surface area (Å²) in [4.78, 5) is 22.4. The fourth-order valence-corrected chi connectivity index (χ4v) is 5.23. The molecule has 4 aromatic rings. The second-order valence-electron chi connectivity index (χ2n) is 7.78. The number of aromatic amines is 1. The summed E-state index contributed by atoms with van der Waals surface area (Å²) in [6, 6.07) is 3.92. The molecular weight excluding hydrogens is 402 g/mol.